The van der Waals surface area contributed by atoms with E-state index in [1.165, 1.54) is 18.2 Å². The molecule has 0 aliphatic carbocycles. The molecule has 0 bridgehead atoms. The lowest BCUT2D eigenvalue weighted by molar-refractivity contribution is -0.143. The van der Waals surface area contributed by atoms with Crippen LogP contribution >= 0.6 is 0 Å². The lowest BCUT2D eigenvalue weighted by Gasteiger charge is -2.07. The zero-order valence-corrected chi connectivity index (χ0v) is 11.4. The molecule has 0 aliphatic heterocycles. The summed E-state index contributed by atoms with van der Waals surface area (Å²) in [6, 6.07) is 5.71. The fourth-order valence-electron chi connectivity index (χ4n) is 1.44. The van der Waals surface area contributed by atoms with Gasteiger partial charge in [0.25, 0.3) is 0 Å². The van der Waals surface area contributed by atoms with E-state index in [2.05, 4.69) is 5.32 Å². The van der Waals surface area contributed by atoms with Gasteiger partial charge in [-0.05, 0) is 19.1 Å². The number of halogens is 1. The highest BCUT2D eigenvalue weighted by molar-refractivity contribution is 5.77. The summed E-state index contributed by atoms with van der Waals surface area (Å²) in [6.07, 6.45) is 0.281. The van der Waals surface area contributed by atoms with Gasteiger partial charge in [0.1, 0.15) is 11.6 Å². The first-order valence-corrected chi connectivity index (χ1v) is 6.42. The fourth-order valence-corrected chi connectivity index (χ4v) is 1.44. The first-order valence-electron chi connectivity index (χ1n) is 6.42. The molecule has 0 saturated carbocycles. The second-order valence-corrected chi connectivity index (χ2v) is 3.96. The molecule has 110 valence electrons. The Bertz CT molecular complexity index is 451. The number of carbonyl (C=O) groups is 2. The molecule has 0 unspecified atom stereocenters. The molecule has 0 radical (unpaired) electrons. The first kappa shape index (κ1) is 15.9. The summed E-state index contributed by atoms with van der Waals surface area (Å²) >= 11 is 0. The van der Waals surface area contributed by atoms with Crippen LogP contribution in [0.25, 0.3) is 0 Å². The summed E-state index contributed by atoms with van der Waals surface area (Å²) < 4.78 is 22.8. The minimum absolute atomic E-state index is 0.138. The van der Waals surface area contributed by atoms with E-state index in [4.69, 9.17) is 9.47 Å². The van der Waals surface area contributed by atoms with Crippen LogP contribution in [0.4, 0.5) is 4.39 Å². The Balaban J connectivity index is 2.13. The normalized spacial score (nSPS) is 9.90. The number of nitrogens with one attached hydrogen (secondary N) is 1. The second kappa shape index (κ2) is 8.90. The fraction of sp³-hybridized carbons (Fsp3) is 0.429. The summed E-state index contributed by atoms with van der Waals surface area (Å²) in [6.45, 7) is 2.43. The van der Waals surface area contributed by atoms with Gasteiger partial charge < -0.3 is 14.8 Å². The van der Waals surface area contributed by atoms with E-state index < -0.39 is 0 Å². The molecule has 0 aromatic heterocycles. The lowest BCUT2D eigenvalue weighted by atomic mass is 10.3. The maximum absolute atomic E-state index is 12.9. The van der Waals surface area contributed by atoms with E-state index in [1.54, 1.807) is 13.0 Å². The molecule has 0 aliphatic rings. The molecule has 0 fully saturated rings. The van der Waals surface area contributed by atoms with Crippen LogP contribution in [-0.2, 0) is 14.3 Å². The van der Waals surface area contributed by atoms with Crippen LogP contribution in [-0.4, -0.2) is 31.6 Å². The smallest absolute Gasteiger partial charge is 0.307 e. The van der Waals surface area contributed by atoms with Crippen molar-refractivity contribution >= 4 is 11.9 Å². The minimum atomic E-state index is -0.388. The topological polar surface area (TPSA) is 64.6 Å². The van der Waals surface area contributed by atoms with Crippen molar-refractivity contribution in [3.05, 3.63) is 30.1 Å². The largest absolute Gasteiger partial charge is 0.493 e. The van der Waals surface area contributed by atoms with Gasteiger partial charge in [-0.3, -0.25) is 9.59 Å². The summed E-state index contributed by atoms with van der Waals surface area (Å²) in [5, 5.41) is 2.58. The molecule has 0 heterocycles. The van der Waals surface area contributed by atoms with Crippen molar-refractivity contribution in [2.45, 2.75) is 19.8 Å². The Morgan fingerprint density at radius 2 is 2.10 bits per heavy atom. The standard InChI is InChI=1S/C14H18FNO4/c1-2-19-14(18)6-8-16-13(17)7-9-20-12-5-3-4-11(15)10-12/h3-5,10H,2,6-9H2,1H3,(H,16,17). The van der Waals surface area contributed by atoms with E-state index in [0.29, 0.717) is 12.4 Å². The monoisotopic (exact) mass is 283 g/mol. The van der Waals surface area contributed by atoms with E-state index >= 15 is 0 Å². The van der Waals surface area contributed by atoms with E-state index in [1.807, 2.05) is 0 Å². The zero-order chi connectivity index (χ0) is 14.8. The van der Waals surface area contributed by atoms with Crippen molar-refractivity contribution < 1.29 is 23.5 Å². The number of hydrogen-bond acceptors (Lipinski definition) is 4. The van der Waals surface area contributed by atoms with Gasteiger partial charge in [-0.1, -0.05) is 6.07 Å². The number of carbonyl (C=O) groups excluding carboxylic acids is 2. The van der Waals surface area contributed by atoms with Crippen LogP contribution < -0.4 is 10.1 Å². The van der Waals surface area contributed by atoms with Gasteiger partial charge in [-0.2, -0.15) is 0 Å². The third-order valence-electron chi connectivity index (χ3n) is 2.35. The number of esters is 1. The second-order valence-electron chi connectivity index (χ2n) is 3.96. The van der Waals surface area contributed by atoms with Crippen molar-refractivity contribution in [1.29, 1.82) is 0 Å². The molecule has 0 saturated heterocycles. The van der Waals surface area contributed by atoms with Crippen LogP contribution in [0.3, 0.4) is 0 Å². The van der Waals surface area contributed by atoms with Crippen LogP contribution in [0, 0.1) is 5.82 Å². The average molecular weight is 283 g/mol. The highest BCUT2D eigenvalue weighted by Crippen LogP contribution is 2.11. The molecule has 5 nitrogen and oxygen atoms in total. The lowest BCUT2D eigenvalue weighted by Crippen LogP contribution is -2.27. The van der Waals surface area contributed by atoms with Crippen LogP contribution in [0.15, 0.2) is 24.3 Å². The minimum Gasteiger partial charge on any atom is -0.493 e. The molecule has 0 spiro atoms. The number of ether oxygens (including phenoxy) is 2. The number of amides is 1. The summed E-state index contributed by atoms with van der Waals surface area (Å²) in [5.41, 5.74) is 0. The molecule has 1 amide bonds. The molecular formula is C14H18FNO4. The maximum atomic E-state index is 12.9. The van der Waals surface area contributed by atoms with Crippen molar-refractivity contribution in [3.8, 4) is 5.75 Å². The third-order valence-corrected chi connectivity index (χ3v) is 2.35. The summed E-state index contributed by atoms with van der Waals surface area (Å²) in [4.78, 5) is 22.4. The van der Waals surface area contributed by atoms with Gasteiger partial charge in [0.05, 0.1) is 26.1 Å². The van der Waals surface area contributed by atoms with Crippen molar-refractivity contribution in [2.24, 2.45) is 0 Å². The van der Waals surface area contributed by atoms with E-state index in [9.17, 15) is 14.0 Å². The molecule has 0 atom stereocenters. The van der Waals surface area contributed by atoms with Crippen molar-refractivity contribution in [1.82, 2.24) is 5.32 Å². The van der Waals surface area contributed by atoms with Gasteiger partial charge in [-0.25, -0.2) is 4.39 Å². The van der Waals surface area contributed by atoms with Crippen LogP contribution in [0.1, 0.15) is 19.8 Å². The van der Waals surface area contributed by atoms with Gasteiger partial charge >= 0.3 is 5.97 Å². The Hall–Kier alpha value is -2.11. The summed E-state index contributed by atoms with van der Waals surface area (Å²) in [5.74, 6) is -0.583. The molecular weight excluding hydrogens is 265 g/mol. The molecule has 20 heavy (non-hydrogen) atoms. The van der Waals surface area contributed by atoms with Gasteiger partial charge in [0.2, 0.25) is 5.91 Å². The zero-order valence-electron chi connectivity index (χ0n) is 11.4. The molecule has 1 aromatic rings. The van der Waals surface area contributed by atoms with Crippen molar-refractivity contribution in [2.75, 3.05) is 19.8 Å². The van der Waals surface area contributed by atoms with Gasteiger partial charge in [0, 0.05) is 12.6 Å². The molecule has 6 heteroatoms. The number of benzene rings is 1. The quantitative estimate of drug-likeness (QED) is 0.737. The molecule has 1 rings (SSSR count). The van der Waals surface area contributed by atoms with E-state index in [0.717, 1.165) is 0 Å². The Labute approximate surface area is 117 Å². The van der Waals surface area contributed by atoms with Crippen LogP contribution in [0.5, 0.6) is 5.75 Å². The predicted octanol–water partition coefficient (Wildman–Crippen LogP) is 1.66. The first-order chi connectivity index (χ1) is 9.61. The summed E-state index contributed by atoms with van der Waals surface area (Å²) in [7, 11) is 0. The highest BCUT2D eigenvalue weighted by atomic mass is 19.1. The van der Waals surface area contributed by atoms with Gasteiger partial charge in [-0.15, -0.1) is 0 Å². The maximum Gasteiger partial charge on any atom is 0.307 e. The third kappa shape index (κ3) is 6.72. The number of rotatable bonds is 8. The van der Waals surface area contributed by atoms with Gasteiger partial charge in [0.15, 0.2) is 0 Å². The van der Waals surface area contributed by atoms with Crippen LogP contribution in [0.2, 0.25) is 0 Å². The Morgan fingerprint density at radius 3 is 2.80 bits per heavy atom. The Kier molecular flexibility index (Phi) is 7.10. The van der Waals surface area contributed by atoms with E-state index in [-0.39, 0.29) is 43.7 Å². The van der Waals surface area contributed by atoms with Crippen molar-refractivity contribution in [3.63, 3.8) is 0 Å². The SMILES string of the molecule is CCOC(=O)CCNC(=O)CCOc1cccc(F)c1. The highest BCUT2D eigenvalue weighted by Gasteiger charge is 2.05. The average Bonchev–Trinajstić information content (AvgIpc) is 2.39. The predicted molar refractivity (Wildman–Crippen MR) is 70.8 cm³/mol. The molecule has 1 aromatic carbocycles. The number of hydrogen-bond donors (Lipinski definition) is 1. The Morgan fingerprint density at radius 1 is 1.30 bits per heavy atom. The molecule has 1 N–H and O–H groups in total.